The molecule has 0 aliphatic rings. The number of carbonyl (C=O) groups is 1. The van der Waals surface area contributed by atoms with E-state index >= 15 is 0 Å². The Morgan fingerprint density at radius 2 is 1.93 bits per heavy atom. The number of hydrogen-bond acceptors (Lipinski definition) is 2. The minimum absolute atomic E-state index is 0.108. The van der Waals surface area contributed by atoms with Gasteiger partial charge in [-0.15, -0.1) is 0 Å². The number of phenols is 1. The highest BCUT2D eigenvalue weighted by Crippen LogP contribution is 2.38. The van der Waals surface area contributed by atoms with Crippen LogP contribution in [-0.4, -0.2) is 11.4 Å². The fraction of sp³-hybridized carbons (Fsp3) is 0.125. The van der Waals surface area contributed by atoms with Crippen molar-refractivity contribution < 1.29 is 23.1 Å². The van der Waals surface area contributed by atoms with Crippen LogP contribution in [0.1, 0.15) is 15.9 Å². The lowest BCUT2D eigenvalue weighted by Gasteiger charge is -2.10. The summed E-state index contributed by atoms with van der Waals surface area (Å²) in [6.45, 7) is 0. The van der Waals surface area contributed by atoms with Crippen LogP contribution in [-0.2, 0) is 6.18 Å². The zero-order valence-corrected chi connectivity index (χ0v) is 7.36. The van der Waals surface area contributed by atoms with Gasteiger partial charge in [0, 0.05) is 5.02 Å². The molecule has 0 heterocycles. The van der Waals surface area contributed by atoms with Crippen molar-refractivity contribution >= 4 is 17.9 Å². The van der Waals surface area contributed by atoms with Crippen molar-refractivity contribution in [1.29, 1.82) is 0 Å². The van der Waals surface area contributed by atoms with Gasteiger partial charge in [-0.25, -0.2) is 0 Å². The summed E-state index contributed by atoms with van der Waals surface area (Å²) < 4.78 is 36.6. The van der Waals surface area contributed by atoms with Gasteiger partial charge in [0.2, 0.25) is 0 Å². The van der Waals surface area contributed by atoms with Crippen molar-refractivity contribution in [2.24, 2.45) is 0 Å². The largest absolute Gasteiger partial charge is 0.507 e. The topological polar surface area (TPSA) is 37.3 Å². The molecule has 0 amide bonds. The molecule has 0 saturated heterocycles. The van der Waals surface area contributed by atoms with Gasteiger partial charge < -0.3 is 5.11 Å². The van der Waals surface area contributed by atoms with Gasteiger partial charge in [0.05, 0.1) is 11.1 Å². The maximum atomic E-state index is 12.2. The standard InChI is InChI=1S/C8H4ClF3O2/c9-5-1-4(3-13)7(14)6(2-5)8(10,11)12/h1-3,14H. The van der Waals surface area contributed by atoms with Crippen LogP contribution in [0, 0.1) is 0 Å². The summed E-state index contributed by atoms with van der Waals surface area (Å²) in [5, 5.41) is 8.79. The molecule has 0 fully saturated rings. The summed E-state index contributed by atoms with van der Waals surface area (Å²) in [5.74, 6) is -1.10. The van der Waals surface area contributed by atoms with Gasteiger partial charge in [-0.2, -0.15) is 13.2 Å². The van der Waals surface area contributed by atoms with E-state index in [-0.39, 0.29) is 11.3 Å². The molecule has 0 aliphatic heterocycles. The lowest BCUT2D eigenvalue weighted by atomic mass is 10.1. The van der Waals surface area contributed by atoms with Crippen LogP contribution in [0.25, 0.3) is 0 Å². The molecule has 0 aliphatic carbocycles. The van der Waals surface area contributed by atoms with Crippen LogP contribution in [0.15, 0.2) is 12.1 Å². The van der Waals surface area contributed by atoms with E-state index in [9.17, 15) is 18.0 Å². The molecule has 1 rings (SSSR count). The van der Waals surface area contributed by atoms with Crippen LogP contribution in [0.2, 0.25) is 5.02 Å². The highest BCUT2D eigenvalue weighted by molar-refractivity contribution is 6.31. The van der Waals surface area contributed by atoms with E-state index in [0.717, 1.165) is 6.07 Å². The van der Waals surface area contributed by atoms with E-state index in [1.165, 1.54) is 0 Å². The molecule has 1 N–H and O–H groups in total. The Bertz CT molecular complexity index is 374. The molecule has 0 aromatic heterocycles. The third-order valence-electron chi connectivity index (χ3n) is 1.54. The molecule has 0 saturated carbocycles. The highest BCUT2D eigenvalue weighted by Gasteiger charge is 2.35. The molecule has 76 valence electrons. The van der Waals surface area contributed by atoms with E-state index in [1.54, 1.807) is 0 Å². The Hall–Kier alpha value is -1.23. The summed E-state index contributed by atoms with van der Waals surface area (Å²) in [4.78, 5) is 10.3. The molecule has 1 aromatic rings. The molecule has 0 spiro atoms. The second-order valence-corrected chi connectivity index (χ2v) is 2.94. The van der Waals surface area contributed by atoms with Gasteiger partial charge in [0.25, 0.3) is 0 Å². The Morgan fingerprint density at radius 1 is 1.36 bits per heavy atom. The number of aromatic hydroxyl groups is 1. The van der Waals surface area contributed by atoms with Crippen molar-refractivity contribution in [1.82, 2.24) is 0 Å². The van der Waals surface area contributed by atoms with E-state index in [4.69, 9.17) is 16.7 Å². The first kappa shape index (κ1) is 10.8. The van der Waals surface area contributed by atoms with Crippen molar-refractivity contribution in [3.63, 3.8) is 0 Å². The van der Waals surface area contributed by atoms with E-state index < -0.39 is 23.1 Å². The summed E-state index contributed by atoms with van der Waals surface area (Å²) in [6.07, 6.45) is -4.62. The number of phenolic OH excluding ortho intramolecular Hbond substituents is 1. The minimum atomic E-state index is -4.73. The summed E-state index contributed by atoms with van der Waals surface area (Å²) in [6, 6.07) is 1.52. The SMILES string of the molecule is O=Cc1cc(Cl)cc(C(F)(F)F)c1O. The maximum absolute atomic E-state index is 12.2. The minimum Gasteiger partial charge on any atom is -0.507 e. The Labute approximate surface area is 81.9 Å². The Morgan fingerprint density at radius 3 is 2.36 bits per heavy atom. The number of hydrogen-bond donors (Lipinski definition) is 1. The monoisotopic (exact) mass is 224 g/mol. The zero-order valence-electron chi connectivity index (χ0n) is 6.60. The van der Waals surface area contributed by atoms with Crippen molar-refractivity contribution in [2.45, 2.75) is 6.18 Å². The second kappa shape index (κ2) is 3.49. The molecule has 6 heteroatoms. The normalized spacial score (nSPS) is 11.4. The molecule has 1 aromatic carbocycles. The highest BCUT2D eigenvalue weighted by atomic mass is 35.5. The zero-order chi connectivity index (χ0) is 10.9. The molecule has 2 nitrogen and oxygen atoms in total. The number of alkyl halides is 3. The first-order valence-electron chi connectivity index (χ1n) is 3.41. The van der Waals surface area contributed by atoms with Crippen LogP contribution in [0.3, 0.4) is 0 Å². The summed E-state index contributed by atoms with van der Waals surface area (Å²) in [7, 11) is 0. The van der Waals surface area contributed by atoms with Crippen LogP contribution >= 0.6 is 11.6 Å². The number of carbonyl (C=O) groups excluding carboxylic acids is 1. The van der Waals surface area contributed by atoms with E-state index in [0.29, 0.717) is 6.07 Å². The maximum Gasteiger partial charge on any atom is 0.420 e. The third kappa shape index (κ3) is 1.98. The van der Waals surface area contributed by atoms with Gasteiger partial charge in [0.15, 0.2) is 6.29 Å². The van der Waals surface area contributed by atoms with Crippen molar-refractivity contribution in [3.05, 3.63) is 28.3 Å². The third-order valence-corrected chi connectivity index (χ3v) is 1.75. The average Bonchev–Trinajstić information content (AvgIpc) is 2.06. The average molecular weight is 225 g/mol. The Kier molecular flexibility index (Phi) is 2.71. The van der Waals surface area contributed by atoms with Gasteiger partial charge in [0.1, 0.15) is 5.75 Å². The predicted octanol–water partition coefficient (Wildman–Crippen LogP) is 2.88. The van der Waals surface area contributed by atoms with Crippen LogP contribution in [0.4, 0.5) is 13.2 Å². The first-order chi connectivity index (χ1) is 6.36. The fourth-order valence-corrected chi connectivity index (χ4v) is 1.15. The Balaban J connectivity index is 3.44. The number of benzene rings is 1. The summed E-state index contributed by atoms with van der Waals surface area (Å²) >= 11 is 5.34. The quantitative estimate of drug-likeness (QED) is 0.745. The fourth-order valence-electron chi connectivity index (χ4n) is 0.926. The van der Waals surface area contributed by atoms with Gasteiger partial charge >= 0.3 is 6.18 Å². The lowest BCUT2D eigenvalue weighted by Crippen LogP contribution is -2.06. The first-order valence-corrected chi connectivity index (χ1v) is 3.79. The molecule has 14 heavy (non-hydrogen) atoms. The molecular weight excluding hydrogens is 221 g/mol. The molecule has 0 unspecified atom stereocenters. The molecule has 0 bridgehead atoms. The van der Waals surface area contributed by atoms with Crippen molar-refractivity contribution in [3.8, 4) is 5.75 Å². The predicted molar refractivity (Wildman–Crippen MR) is 43.5 cm³/mol. The second-order valence-electron chi connectivity index (χ2n) is 2.51. The molecule has 0 atom stereocenters. The van der Waals surface area contributed by atoms with Gasteiger partial charge in [-0.3, -0.25) is 4.79 Å². The van der Waals surface area contributed by atoms with E-state index in [1.807, 2.05) is 0 Å². The molecular formula is C8H4ClF3O2. The number of aldehydes is 1. The van der Waals surface area contributed by atoms with Gasteiger partial charge in [-0.05, 0) is 12.1 Å². The van der Waals surface area contributed by atoms with Gasteiger partial charge in [-0.1, -0.05) is 11.6 Å². The van der Waals surface area contributed by atoms with Crippen LogP contribution < -0.4 is 0 Å². The number of halogens is 4. The van der Waals surface area contributed by atoms with Crippen molar-refractivity contribution in [2.75, 3.05) is 0 Å². The molecule has 0 radical (unpaired) electrons. The summed E-state index contributed by atoms with van der Waals surface area (Å²) in [5.41, 5.74) is -1.79. The van der Waals surface area contributed by atoms with E-state index in [2.05, 4.69) is 0 Å². The lowest BCUT2D eigenvalue weighted by molar-refractivity contribution is -0.138. The number of rotatable bonds is 1. The smallest absolute Gasteiger partial charge is 0.420 e. The van der Waals surface area contributed by atoms with Crippen LogP contribution in [0.5, 0.6) is 5.75 Å².